The van der Waals surface area contributed by atoms with Crippen LogP contribution in [0.3, 0.4) is 0 Å². The molecule has 0 aliphatic carbocycles. The van der Waals surface area contributed by atoms with Gasteiger partial charge < -0.3 is 0 Å². The highest BCUT2D eigenvalue weighted by atomic mass is 127. The maximum atomic E-state index is 10.4. The molecule has 10 heavy (non-hydrogen) atoms. The van der Waals surface area contributed by atoms with E-state index in [1.807, 2.05) is 22.6 Å². The van der Waals surface area contributed by atoms with Crippen LogP contribution in [0.4, 0.5) is 0 Å². The van der Waals surface area contributed by atoms with Crippen molar-refractivity contribution >= 4 is 49.2 Å². The predicted octanol–water partition coefficient (Wildman–Crippen LogP) is 2.45. The average Bonchev–Trinajstić information content (AvgIpc) is 1.87. The van der Waals surface area contributed by atoms with Crippen molar-refractivity contribution in [2.75, 3.05) is 6.54 Å². The van der Waals surface area contributed by atoms with Gasteiger partial charge in [0.05, 0.1) is 0 Å². The minimum absolute atomic E-state index is 0.278. The lowest BCUT2D eigenvalue weighted by Crippen LogP contribution is -1.99. The lowest BCUT2D eigenvalue weighted by Gasteiger charge is -1.95. The maximum Gasteiger partial charge on any atom is 0.192 e. The van der Waals surface area contributed by atoms with Crippen LogP contribution < -0.4 is 3.53 Å². The first-order chi connectivity index (χ1) is 4.77. The summed E-state index contributed by atoms with van der Waals surface area (Å²) >= 11 is 3.98. The van der Waals surface area contributed by atoms with Gasteiger partial charge in [0.15, 0.2) is 3.79 Å². The summed E-state index contributed by atoms with van der Waals surface area (Å²) in [5, 5.41) is 0. The van der Waals surface area contributed by atoms with Crippen molar-refractivity contribution in [2.24, 2.45) is 0 Å². The second-order valence-electron chi connectivity index (χ2n) is 2.05. The van der Waals surface area contributed by atoms with E-state index >= 15 is 0 Å². The highest BCUT2D eigenvalue weighted by Crippen LogP contribution is 2.03. The Morgan fingerprint density at radius 1 is 1.30 bits per heavy atom. The van der Waals surface area contributed by atoms with Crippen molar-refractivity contribution in [2.45, 2.75) is 25.7 Å². The lowest BCUT2D eigenvalue weighted by atomic mass is 10.2. The van der Waals surface area contributed by atoms with E-state index in [1.54, 1.807) is 0 Å². The molecule has 0 heterocycles. The smallest absolute Gasteiger partial charge is 0.192 e. The van der Waals surface area contributed by atoms with E-state index in [9.17, 15) is 4.79 Å². The molecule has 0 fully saturated rings. The highest BCUT2D eigenvalue weighted by molar-refractivity contribution is 14.1. The van der Waals surface area contributed by atoms with E-state index in [1.165, 1.54) is 6.42 Å². The Morgan fingerprint density at radius 3 is 2.50 bits per heavy atom. The van der Waals surface area contributed by atoms with Crippen molar-refractivity contribution in [1.82, 2.24) is 3.53 Å². The third-order valence-corrected chi connectivity index (χ3v) is 2.22. The van der Waals surface area contributed by atoms with E-state index < -0.39 is 0 Å². The summed E-state index contributed by atoms with van der Waals surface area (Å²) in [7, 11) is 0. The summed E-state index contributed by atoms with van der Waals surface area (Å²) in [5.41, 5.74) is 0. The summed E-state index contributed by atoms with van der Waals surface area (Å²) in [6.45, 7) is 1.05. The number of rotatable bonds is 6. The molecule has 0 rings (SSSR count). The summed E-state index contributed by atoms with van der Waals surface area (Å²) in [4.78, 5) is 10.4. The first-order valence-electron chi connectivity index (χ1n) is 3.29. The Bertz CT molecular complexity index is 97.7. The molecule has 0 amide bonds. The van der Waals surface area contributed by atoms with Crippen LogP contribution in [0.25, 0.3) is 0 Å². The fourth-order valence-electron chi connectivity index (χ4n) is 0.633. The Hall–Kier alpha value is 1.09. The van der Waals surface area contributed by atoms with Crippen molar-refractivity contribution in [3.05, 3.63) is 0 Å². The largest absolute Gasteiger partial charge is 0.288 e. The molecule has 0 spiro atoms. The van der Waals surface area contributed by atoms with Crippen LogP contribution in [0, 0.1) is 0 Å². The molecule has 0 unspecified atom stereocenters. The number of nitrogens with one attached hydrogen (secondary N) is 1. The van der Waals surface area contributed by atoms with E-state index in [0.29, 0.717) is 0 Å². The predicted molar refractivity (Wildman–Crippen MR) is 59.5 cm³/mol. The second kappa shape index (κ2) is 8.19. The molecule has 0 saturated heterocycles. The van der Waals surface area contributed by atoms with Gasteiger partial charge in [-0.15, -0.1) is 0 Å². The van der Waals surface area contributed by atoms with Gasteiger partial charge in [-0.25, -0.2) is 0 Å². The molecule has 2 nitrogen and oxygen atoms in total. The SMILES string of the molecule is O=C(I)CCCCCNI. The zero-order valence-corrected chi connectivity index (χ0v) is 10.0. The minimum Gasteiger partial charge on any atom is -0.288 e. The molecule has 0 bridgehead atoms. The number of carbonyl (C=O) groups is 1. The zero-order chi connectivity index (χ0) is 7.82. The molecule has 0 aromatic rings. The van der Waals surface area contributed by atoms with Crippen LogP contribution in [0.15, 0.2) is 0 Å². The third-order valence-electron chi connectivity index (χ3n) is 1.14. The number of hydrogen-bond donors (Lipinski definition) is 1. The van der Waals surface area contributed by atoms with Crippen LogP contribution in [-0.4, -0.2) is 10.3 Å². The quantitative estimate of drug-likeness (QED) is 0.338. The first kappa shape index (κ1) is 11.1. The molecule has 60 valence electrons. The fourth-order valence-corrected chi connectivity index (χ4v) is 1.40. The molecule has 0 atom stereocenters. The Labute approximate surface area is 89.2 Å². The van der Waals surface area contributed by atoms with Crippen molar-refractivity contribution < 1.29 is 4.79 Å². The Kier molecular flexibility index (Phi) is 9.08. The van der Waals surface area contributed by atoms with E-state index in [2.05, 4.69) is 26.4 Å². The Morgan fingerprint density at radius 2 is 2.00 bits per heavy atom. The molecular formula is C6H11I2NO. The van der Waals surface area contributed by atoms with Gasteiger partial charge in [0.25, 0.3) is 0 Å². The standard InChI is InChI=1S/C6H11I2NO/c7-6(10)4-2-1-3-5-9-8/h9H,1-5H2. The summed E-state index contributed by atoms with van der Waals surface area (Å²) in [6.07, 6.45) is 4.11. The van der Waals surface area contributed by atoms with Crippen LogP contribution in [0.5, 0.6) is 0 Å². The zero-order valence-electron chi connectivity index (χ0n) is 5.70. The van der Waals surface area contributed by atoms with Gasteiger partial charge in [-0.05, 0) is 35.4 Å². The van der Waals surface area contributed by atoms with Gasteiger partial charge in [0.1, 0.15) is 0 Å². The van der Waals surface area contributed by atoms with Crippen molar-refractivity contribution in [1.29, 1.82) is 0 Å². The van der Waals surface area contributed by atoms with Crippen LogP contribution in [0.2, 0.25) is 0 Å². The fraction of sp³-hybridized carbons (Fsp3) is 0.833. The normalized spacial score (nSPS) is 9.80. The first-order valence-corrected chi connectivity index (χ1v) is 5.45. The van der Waals surface area contributed by atoms with Crippen LogP contribution >= 0.6 is 45.5 Å². The van der Waals surface area contributed by atoms with Crippen LogP contribution in [0.1, 0.15) is 25.7 Å². The maximum absolute atomic E-state index is 10.4. The molecule has 1 N–H and O–H groups in total. The monoisotopic (exact) mass is 367 g/mol. The van der Waals surface area contributed by atoms with Crippen molar-refractivity contribution in [3.63, 3.8) is 0 Å². The number of carbonyl (C=O) groups excluding carboxylic acids is 1. The van der Waals surface area contributed by atoms with E-state index in [4.69, 9.17) is 0 Å². The summed E-state index contributed by atoms with van der Waals surface area (Å²) < 4.78 is 3.32. The molecular weight excluding hydrogens is 356 g/mol. The van der Waals surface area contributed by atoms with Gasteiger partial charge >= 0.3 is 0 Å². The van der Waals surface area contributed by atoms with E-state index in [0.717, 1.165) is 25.8 Å². The molecule has 0 aliphatic rings. The third kappa shape index (κ3) is 9.09. The molecule has 4 heteroatoms. The number of unbranched alkanes of at least 4 members (excludes halogenated alkanes) is 2. The summed E-state index contributed by atoms with van der Waals surface area (Å²) in [6, 6.07) is 0. The van der Waals surface area contributed by atoms with Gasteiger partial charge in [-0.3, -0.25) is 8.32 Å². The van der Waals surface area contributed by atoms with Crippen molar-refractivity contribution in [3.8, 4) is 0 Å². The van der Waals surface area contributed by atoms with E-state index in [-0.39, 0.29) is 3.79 Å². The topological polar surface area (TPSA) is 29.1 Å². The number of halogens is 2. The average molecular weight is 367 g/mol. The molecule has 0 saturated carbocycles. The van der Waals surface area contributed by atoms with Crippen LogP contribution in [-0.2, 0) is 4.79 Å². The minimum atomic E-state index is 0.278. The molecule has 0 aliphatic heterocycles. The van der Waals surface area contributed by atoms with Gasteiger partial charge in [-0.2, -0.15) is 0 Å². The Balaban J connectivity index is 2.84. The van der Waals surface area contributed by atoms with Gasteiger partial charge in [0.2, 0.25) is 0 Å². The van der Waals surface area contributed by atoms with Gasteiger partial charge in [0, 0.05) is 35.8 Å². The second-order valence-corrected chi connectivity index (χ2v) is 4.02. The molecule has 0 aromatic carbocycles. The molecule has 0 radical (unpaired) electrons. The molecule has 0 aromatic heterocycles. The lowest BCUT2D eigenvalue weighted by molar-refractivity contribution is -0.109. The summed E-state index contributed by atoms with van der Waals surface area (Å²) in [5.74, 6) is 0. The number of hydrogen-bond acceptors (Lipinski definition) is 2. The van der Waals surface area contributed by atoms with Gasteiger partial charge in [-0.1, -0.05) is 6.42 Å². The highest BCUT2D eigenvalue weighted by Gasteiger charge is 1.93.